The largest absolute Gasteiger partial charge is 0.344 e. The van der Waals surface area contributed by atoms with Crippen LogP contribution in [0.2, 0.25) is 0 Å². The monoisotopic (exact) mass is 397 g/mol. The molecule has 1 N–H and O–H groups in total. The van der Waals surface area contributed by atoms with Crippen LogP contribution in [0.5, 0.6) is 0 Å². The highest BCUT2D eigenvalue weighted by molar-refractivity contribution is 7.92. The number of hydrogen-bond donors (Lipinski definition) is 1. The number of Topliss-reactive ketones (excluding diaryl/α,β-unsaturated/α-hetero) is 1. The van der Waals surface area contributed by atoms with E-state index in [1.807, 2.05) is 5.32 Å². The Hall–Kier alpha value is -2.88. The third-order valence-electron chi connectivity index (χ3n) is 3.52. The molecule has 0 radical (unpaired) electrons. The van der Waals surface area contributed by atoms with Crippen LogP contribution in [0.3, 0.4) is 0 Å². The van der Waals surface area contributed by atoms with E-state index in [4.69, 9.17) is 0 Å². The summed E-state index contributed by atoms with van der Waals surface area (Å²) in [7, 11) is -3.56. The fourth-order valence-corrected chi connectivity index (χ4v) is 3.04. The number of carbonyl (C=O) groups excluding carboxylic acids is 2. The standard InChI is InChI=1S/C17H17F2N3O4S/c1-27(25,26)22(14-5-3-2-4-6-14)11-13-8-7-12(9-20-13)15(23)10-21-17(24)16(18)19/h2-9,16H,10-11H2,1H3,(H,21,24). The molecular weight excluding hydrogens is 380 g/mol. The molecule has 1 aromatic carbocycles. The van der Waals surface area contributed by atoms with Crippen molar-refractivity contribution in [3.63, 3.8) is 0 Å². The number of halogens is 2. The Morgan fingerprint density at radius 2 is 1.81 bits per heavy atom. The van der Waals surface area contributed by atoms with Gasteiger partial charge in [-0.1, -0.05) is 18.2 Å². The van der Waals surface area contributed by atoms with Gasteiger partial charge in [-0.25, -0.2) is 8.42 Å². The van der Waals surface area contributed by atoms with Gasteiger partial charge in [0.25, 0.3) is 5.91 Å². The van der Waals surface area contributed by atoms with Crippen molar-refractivity contribution < 1.29 is 26.8 Å². The minimum absolute atomic E-state index is 0.0422. The van der Waals surface area contributed by atoms with Crippen molar-refractivity contribution in [3.8, 4) is 0 Å². The van der Waals surface area contributed by atoms with Gasteiger partial charge in [0, 0.05) is 11.8 Å². The van der Waals surface area contributed by atoms with Crippen LogP contribution < -0.4 is 9.62 Å². The molecule has 10 heteroatoms. The van der Waals surface area contributed by atoms with Gasteiger partial charge >= 0.3 is 6.43 Å². The van der Waals surface area contributed by atoms with Gasteiger partial charge in [0.1, 0.15) is 0 Å². The second-order valence-corrected chi connectivity index (χ2v) is 7.49. The molecule has 0 atom stereocenters. The molecule has 0 aliphatic rings. The van der Waals surface area contributed by atoms with Crippen molar-refractivity contribution in [2.45, 2.75) is 13.0 Å². The Morgan fingerprint density at radius 1 is 1.15 bits per heavy atom. The number of benzene rings is 1. The molecule has 1 amide bonds. The molecule has 2 aromatic rings. The molecule has 0 saturated heterocycles. The van der Waals surface area contributed by atoms with Gasteiger partial charge in [0.2, 0.25) is 10.0 Å². The summed E-state index contributed by atoms with van der Waals surface area (Å²) in [4.78, 5) is 26.7. The van der Waals surface area contributed by atoms with E-state index in [-0.39, 0.29) is 12.1 Å². The molecule has 0 aliphatic heterocycles. The molecule has 0 spiro atoms. The number of pyridine rings is 1. The Kier molecular flexibility index (Phi) is 6.56. The third kappa shape index (κ3) is 5.81. The zero-order valence-electron chi connectivity index (χ0n) is 14.3. The predicted octanol–water partition coefficient (Wildman–Crippen LogP) is 1.61. The normalized spacial score (nSPS) is 11.3. The van der Waals surface area contributed by atoms with Crippen molar-refractivity contribution in [1.29, 1.82) is 0 Å². The number of nitrogens with zero attached hydrogens (tertiary/aromatic N) is 2. The van der Waals surface area contributed by atoms with E-state index in [0.717, 1.165) is 6.26 Å². The first-order valence-corrected chi connectivity index (χ1v) is 9.60. The van der Waals surface area contributed by atoms with E-state index in [1.54, 1.807) is 30.3 Å². The topological polar surface area (TPSA) is 96.4 Å². The minimum Gasteiger partial charge on any atom is -0.344 e. The molecular formula is C17H17F2N3O4S. The van der Waals surface area contributed by atoms with Gasteiger partial charge in [-0.2, -0.15) is 8.78 Å². The van der Waals surface area contributed by atoms with Crippen molar-refractivity contribution >= 4 is 27.4 Å². The average Bonchev–Trinajstić information content (AvgIpc) is 2.64. The molecule has 0 bridgehead atoms. The highest BCUT2D eigenvalue weighted by Gasteiger charge is 2.19. The number of nitrogens with one attached hydrogen (secondary N) is 1. The Bertz CT molecular complexity index is 904. The Morgan fingerprint density at radius 3 is 2.33 bits per heavy atom. The van der Waals surface area contributed by atoms with Crippen LogP contribution in [-0.4, -0.2) is 44.3 Å². The maximum atomic E-state index is 12.1. The summed E-state index contributed by atoms with van der Waals surface area (Å²) in [5.41, 5.74) is 0.966. The number of hydrogen-bond acceptors (Lipinski definition) is 5. The Labute approximate surface area is 155 Å². The van der Waals surface area contributed by atoms with Gasteiger partial charge < -0.3 is 5.32 Å². The van der Waals surface area contributed by atoms with E-state index in [0.29, 0.717) is 11.4 Å². The van der Waals surface area contributed by atoms with Crippen LogP contribution in [0, 0.1) is 0 Å². The number of aromatic nitrogens is 1. The maximum absolute atomic E-state index is 12.1. The summed E-state index contributed by atoms with van der Waals surface area (Å²) in [5, 5.41) is 1.81. The number of amides is 1. The zero-order chi connectivity index (χ0) is 20.0. The molecule has 1 aromatic heterocycles. The summed E-state index contributed by atoms with van der Waals surface area (Å²) in [6.45, 7) is -0.622. The van der Waals surface area contributed by atoms with Gasteiger partial charge in [-0.3, -0.25) is 18.9 Å². The molecule has 0 fully saturated rings. The molecule has 1 heterocycles. The molecule has 27 heavy (non-hydrogen) atoms. The van der Waals surface area contributed by atoms with E-state index in [9.17, 15) is 26.8 Å². The number of anilines is 1. The second kappa shape index (κ2) is 8.67. The minimum atomic E-state index is -3.56. The number of ketones is 1. The first kappa shape index (κ1) is 20.4. The van der Waals surface area contributed by atoms with Crippen LogP contribution in [0.4, 0.5) is 14.5 Å². The molecule has 144 valence electrons. The van der Waals surface area contributed by atoms with Crippen LogP contribution in [0.15, 0.2) is 48.7 Å². The van der Waals surface area contributed by atoms with Crippen molar-refractivity contribution in [3.05, 3.63) is 59.9 Å². The summed E-state index contributed by atoms with van der Waals surface area (Å²) < 4.78 is 49.5. The van der Waals surface area contributed by atoms with E-state index in [1.165, 1.54) is 22.6 Å². The average molecular weight is 397 g/mol. The maximum Gasteiger partial charge on any atom is 0.315 e. The SMILES string of the molecule is CS(=O)(=O)N(Cc1ccc(C(=O)CNC(=O)C(F)F)cn1)c1ccccc1. The smallest absolute Gasteiger partial charge is 0.315 e. The molecule has 0 aliphatic carbocycles. The van der Waals surface area contributed by atoms with Gasteiger partial charge in [-0.15, -0.1) is 0 Å². The fraction of sp³-hybridized carbons (Fsp3) is 0.235. The van der Waals surface area contributed by atoms with Crippen LogP contribution >= 0.6 is 0 Å². The summed E-state index contributed by atoms with van der Waals surface area (Å²) in [6, 6.07) is 11.3. The van der Waals surface area contributed by atoms with E-state index < -0.39 is 34.7 Å². The lowest BCUT2D eigenvalue weighted by Crippen LogP contribution is -2.34. The van der Waals surface area contributed by atoms with Crippen molar-refractivity contribution in [2.24, 2.45) is 0 Å². The highest BCUT2D eigenvalue weighted by atomic mass is 32.2. The van der Waals surface area contributed by atoms with Crippen molar-refractivity contribution in [1.82, 2.24) is 10.3 Å². The summed E-state index contributed by atoms with van der Waals surface area (Å²) in [6.07, 6.45) is -0.917. The van der Waals surface area contributed by atoms with Gasteiger partial charge in [0.05, 0.1) is 30.7 Å². The first-order valence-electron chi connectivity index (χ1n) is 7.75. The number of alkyl halides is 2. The lowest BCUT2D eigenvalue weighted by atomic mass is 10.1. The first-order chi connectivity index (χ1) is 12.7. The van der Waals surface area contributed by atoms with Gasteiger partial charge in [0.15, 0.2) is 5.78 Å². The third-order valence-corrected chi connectivity index (χ3v) is 4.66. The predicted molar refractivity (Wildman–Crippen MR) is 95.1 cm³/mol. The lowest BCUT2D eigenvalue weighted by molar-refractivity contribution is -0.131. The second-order valence-electron chi connectivity index (χ2n) is 5.59. The summed E-state index contributed by atoms with van der Waals surface area (Å²) in [5.74, 6) is -2.12. The van der Waals surface area contributed by atoms with E-state index >= 15 is 0 Å². The summed E-state index contributed by atoms with van der Waals surface area (Å²) >= 11 is 0. The Balaban J connectivity index is 2.10. The molecule has 0 saturated carbocycles. The van der Waals surface area contributed by atoms with Crippen LogP contribution in [-0.2, 0) is 21.4 Å². The van der Waals surface area contributed by atoms with E-state index in [2.05, 4.69) is 4.98 Å². The van der Waals surface area contributed by atoms with Crippen molar-refractivity contribution in [2.75, 3.05) is 17.1 Å². The number of sulfonamides is 1. The number of carbonyl (C=O) groups is 2. The van der Waals surface area contributed by atoms with Gasteiger partial charge in [-0.05, 0) is 24.3 Å². The quantitative estimate of drug-likeness (QED) is 0.683. The van der Waals surface area contributed by atoms with Crippen LogP contribution in [0.1, 0.15) is 16.1 Å². The molecule has 7 nitrogen and oxygen atoms in total. The lowest BCUT2D eigenvalue weighted by Gasteiger charge is -2.22. The van der Waals surface area contributed by atoms with Crippen LogP contribution in [0.25, 0.3) is 0 Å². The fourth-order valence-electron chi connectivity index (χ4n) is 2.17. The number of para-hydroxylation sites is 1. The highest BCUT2D eigenvalue weighted by Crippen LogP contribution is 2.19. The molecule has 2 rings (SSSR count). The zero-order valence-corrected chi connectivity index (χ0v) is 15.1. The molecule has 0 unspecified atom stereocenters. The number of rotatable bonds is 8.